The Hall–Kier alpha value is -1.98. The van der Waals surface area contributed by atoms with Crippen LogP contribution in [0.5, 0.6) is 0 Å². The largest absolute Gasteiger partial charge is 0.395 e. The molecular weight excluding hydrogens is 281 g/mol. The van der Waals surface area contributed by atoms with E-state index < -0.39 is 5.83 Å². The molecule has 0 bridgehead atoms. The lowest BCUT2D eigenvalue weighted by Gasteiger charge is -2.20. The third kappa shape index (κ3) is 5.09. The Labute approximate surface area is 131 Å². The van der Waals surface area contributed by atoms with E-state index in [0.717, 1.165) is 23.2 Å². The molecule has 0 saturated carbocycles. The van der Waals surface area contributed by atoms with Crippen molar-refractivity contribution in [3.05, 3.63) is 60.1 Å². The van der Waals surface area contributed by atoms with Crippen LogP contribution in [0.2, 0.25) is 0 Å². The van der Waals surface area contributed by atoms with Crippen molar-refractivity contribution in [1.29, 1.82) is 0 Å². The van der Waals surface area contributed by atoms with Crippen LogP contribution in [0.4, 0.5) is 10.2 Å². The second kappa shape index (κ2) is 8.46. The fourth-order valence-corrected chi connectivity index (χ4v) is 2.08. The van der Waals surface area contributed by atoms with Crippen LogP contribution in [0.15, 0.2) is 48.8 Å². The maximum Gasteiger partial charge on any atom is 0.128 e. The first-order chi connectivity index (χ1) is 10.4. The zero-order chi connectivity index (χ0) is 16.7. The molecule has 0 aliphatic carbocycles. The number of aliphatic hydroxyl groups excluding tert-OH is 1. The van der Waals surface area contributed by atoms with Crippen LogP contribution >= 0.6 is 0 Å². The van der Waals surface area contributed by atoms with Gasteiger partial charge in [0.15, 0.2) is 0 Å². The normalized spacial score (nSPS) is 12.9. The number of pyridine rings is 1. The molecule has 0 spiro atoms. The van der Waals surface area contributed by atoms with E-state index in [-0.39, 0.29) is 12.6 Å². The average molecular weight is 305 g/mol. The number of anilines is 1. The Morgan fingerprint density at radius 3 is 2.82 bits per heavy atom. The molecule has 3 N–H and O–H groups in total. The lowest BCUT2D eigenvalue weighted by atomic mass is 10.0. The fourth-order valence-electron chi connectivity index (χ4n) is 2.08. The first-order valence-electron chi connectivity index (χ1n) is 7.11. The molecule has 1 aromatic heterocycles. The molecule has 1 aromatic rings. The molecular formula is C17H24FN3O. The minimum absolute atomic E-state index is 0.0515. The van der Waals surface area contributed by atoms with Crippen LogP contribution in [0, 0.1) is 6.92 Å². The summed E-state index contributed by atoms with van der Waals surface area (Å²) in [7, 11) is 1.85. The molecule has 120 valence electrons. The SMILES string of the molecule is C=CC(F)=CC(=C)CC(N)c1nc(N(C)CCO)ccc1C. The summed E-state index contributed by atoms with van der Waals surface area (Å²) >= 11 is 0. The van der Waals surface area contributed by atoms with Gasteiger partial charge in [-0.3, -0.25) is 0 Å². The predicted octanol–water partition coefficient (Wildman–Crippen LogP) is 2.80. The summed E-state index contributed by atoms with van der Waals surface area (Å²) < 4.78 is 13.2. The van der Waals surface area contributed by atoms with Gasteiger partial charge in [0.25, 0.3) is 0 Å². The highest BCUT2D eigenvalue weighted by atomic mass is 19.1. The summed E-state index contributed by atoms with van der Waals surface area (Å²) in [4.78, 5) is 6.41. The van der Waals surface area contributed by atoms with Crippen LogP contribution in [-0.4, -0.2) is 30.3 Å². The minimum Gasteiger partial charge on any atom is -0.395 e. The Balaban J connectivity index is 2.92. The van der Waals surface area contributed by atoms with E-state index >= 15 is 0 Å². The van der Waals surface area contributed by atoms with E-state index in [2.05, 4.69) is 18.1 Å². The average Bonchev–Trinajstić information content (AvgIpc) is 2.47. The number of aryl methyl sites for hydroxylation is 1. The van der Waals surface area contributed by atoms with Gasteiger partial charge in [-0.25, -0.2) is 9.37 Å². The summed E-state index contributed by atoms with van der Waals surface area (Å²) in [6, 6.07) is 3.45. The third-order valence-corrected chi connectivity index (χ3v) is 3.32. The van der Waals surface area contributed by atoms with Crippen molar-refractivity contribution >= 4 is 5.82 Å². The topological polar surface area (TPSA) is 62.4 Å². The van der Waals surface area contributed by atoms with Gasteiger partial charge in [0.05, 0.1) is 18.3 Å². The van der Waals surface area contributed by atoms with Crippen molar-refractivity contribution in [3.63, 3.8) is 0 Å². The van der Waals surface area contributed by atoms with Crippen LogP contribution in [0.25, 0.3) is 0 Å². The highest BCUT2D eigenvalue weighted by Crippen LogP contribution is 2.23. The van der Waals surface area contributed by atoms with E-state index in [1.807, 2.05) is 31.0 Å². The Bertz CT molecular complexity index is 569. The number of hydrogen-bond acceptors (Lipinski definition) is 4. The maximum absolute atomic E-state index is 13.2. The fraction of sp³-hybridized carbons (Fsp3) is 0.353. The molecule has 4 nitrogen and oxygen atoms in total. The highest BCUT2D eigenvalue weighted by Gasteiger charge is 2.14. The molecule has 0 aromatic carbocycles. The molecule has 1 heterocycles. The van der Waals surface area contributed by atoms with Crippen molar-refractivity contribution in [2.24, 2.45) is 5.73 Å². The zero-order valence-electron chi connectivity index (χ0n) is 13.2. The van der Waals surface area contributed by atoms with E-state index in [1.165, 1.54) is 6.08 Å². The second-order valence-corrected chi connectivity index (χ2v) is 5.22. The van der Waals surface area contributed by atoms with Crippen molar-refractivity contribution < 1.29 is 9.50 Å². The highest BCUT2D eigenvalue weighted by molar-refractivity contribution is 5.42. The van der Waals surface area contributed by atoms with Crippen molar-refractivity contribution in [2.75, 3.05) is 25.1 Å². The lowest BCUT2D eigenvalue weighted by molar-refractivity contribution is 0.304. The van der Waals surface area contributed by atoms with Gasteiger partial charge < -0.3 is 15.7 Å². The van der Waals surface area contributed by atoms with Gasteiger partial charge in [-0.15, -0.1) is 0 Å². The van der Waals surface area contributed by atoms with E-state index in [1.54, 1.807) is 0 Å². The quantitative estimate of drug-likeness (QED) is 0.725. The number of aromatic nitrogens is 1. The number of nitrogens with two attached hydrogens (primary N) is 1. The summed E-state index contributed by atoms with van der Waals surface area (Å²) in [6.07, 6.45) is 2.86. The van der Waals surface area contributed by atoms with Crippen LogP contribution in [-0.2, 0) is 0 Å². The molecule has 0 radical (unpaired) electrons. The summed E-state index contributed by atoms with van der Waals surface area (Å²) in [5.74, 6) is 0.307. The molecule has 0 amide bonds. The van der Waals surface area contributed by atoms with Gasteiger partial charge in [0, 0.05) is 13.6 Å². The number of aliphatic hydroxyl groups is 1. The van der Waals surface area contributed by atoms with Crippen molar-refractivity contribution in [2.45, 2.75) is 19.4 Å². The lowest BCUT2D eigenvalue weighted by Crippen LogP contribution is -2.23. The smallest absolute Gasteiger partial charge is 0.128 e. The number of allylic oxidation sites excluding steroid dienone is 3. The molecule has 1 rings (SSSR count). The van der Waals surface area contributed by atoms with Crippen molar-refractivity contribution in [3.8, 4) is 0 Å². The zero-order valence-corrected chi connectivity index (χ0v) is 13.2. The van der Waals surface area contributed by atoms with Gasteiger partial charge in [0.2, 0.25) is 0 Å². The summed E-state index contributed by atoms with van der Waals surface area (Å²) in [5.41, 5.74) is 8.49. The van der Waals surface area contributed by atoms with Crippen LogP contribution in [0.3, 0.4) is 0 Å². The number of hydrogen-bond donors (Lipinski definition) is 2. The van der Waals surface area contributed by atoms with E-state index in [9.17, 15) is 4.39 Å². The summed E-state index contributed by atoms with van der Waals surface area (Å²) in [5, 5.41) is 9.00. The number of likely N-dealkylation sites (N-methyl/N-ethyl adjacent to an activating group) is 1. The molecule has 0 aliphatic rings. The molecule has 0 aliphatic heterocycles. The van der Waals surface area contributed by atoms with E-state index in [0.29, 0.717) is 18.5 Å². The number of halogens is 1. The number of nitrogens with zero attached hydrogens (tertiary/aromatic N) is 2. The molecule has 1 atom stereocenters. The second-order valence-electron chi connectivity index (χ2n) is 5.22. The number of rotatable bonds is 8. The van der Waals surface area contributed by atoms with Crippen LogP contribution < -0.4 is 10.6 Å². The van der Waals surface area contributed by atoms with E-state index in [4.69, 9.17) is 10.8 Å². The molecule has 5 heteroatoms. The Morgan fingerprint density at radius 1 is 1.55 bits per heavy atom. The summed E-state index contributed by atoms with van der Waals surface area (Å²) in [6.45, 7) is 9.64. The van der Waals surface area contributed by atoms with Gasteiger partial charge in [-0.1, -0.05) is 24.8 Å². The van der Waals surface area contributed by atoms with Gasteiger partial charge in [0.1, 0.15) is 11.6 Å². The Kier molecular flexibility index (Phi) is 6.95. The molecule has 22 heavy (non-hydrogen) atoms. The predicted molar refractivity (Wildman–Crippen MR) is 89.4 cm³/mol. The third-order valence-electron chi connectivity index (χ3n) is 3.32. The van der Waals surface area contributed by atoms with Gasteiger partial charge in [-0.2, -0.15) is 0 Å². The van der Waals surface area contributed by atoms with Crippen molar-refractivity contribution in [1.82, 2.24) is 4.98 Å². The maximum atomic E-state index is 13.2. The van der Waals surface area contributed by atoms with Crippen LogP contribution in [0.1, 0.15) is 23.7 Å². The van der Waals surface area contributed by atoms with Gasteiger partial charge in [-0.05, 0) is 37.1 Å². The standard InChI is InChI=1S/C17H24FN3O/c1-5-14(18)10-12(2)11-15(19)17-13(3)6-7-16(20-17)21(4)8-9-22/h5-7,10,15,22H,1-2,8-9,11,19H2,3-4H3. The molecule has 1 unspecified atom stereocenters. The molecule has 0 saturated heterocycles. The first kappa shape index (κ1) is 18.1. The minimum atomic E-state index is -0.432. The Morgan fingerprint density at radius 2 is 2.23 bits per heavy atom. The van der Waals surface area contributed by atoms with Gasteiger partial charge >= 0.3 is 0 Å². The first-order valence-corrected chi connectivity index (χ1v) is 7.11. The monoisotopic (exact) mass is 305 g/mol. The molecule has 0 fully saturated rings.